The van der Waals surface area contributed by atoms with E-state index in [-0.39, 0.29) is 0 Å². The summed E-state index contributed by atoms with van der Waals surface area (Å²) < 4.78 is 0. The Bertz CT molecular complexity index is 310. The minimum Gasteiger partial charge on any atom is -0.345 e. The molecule has 0 amide bonds. The average Bonchev–Trinajstić information content (AvgIpc) is 2.82. The minimum atomic E-state index is 0.727. The van der Waals surface area contributed by atoms with E-state index in [0.29, 0.717) is 0 Å². The Kier molecular flexibility index (Phi) is 2.05. The molecule has 3 heteroatoms. The second kappa shape index (κ2) is 3.39. The molecule has 2 aliphatic carbocycles. The van der Waals surface area contributed by atoms with Crippen LogP contribution in [0.2, 0.25) is 0 Å². The highest BCUT2D eigenvalue weighted by atomic mass is 15.0. The molecule has 0 aliphatic heterocycles. The summed E-state index contributed by atoms with van der Waals surface area (Å²) in [6.45, 7) is 0.963. The van der Waals surface area contributed by atoms with Crippen LogP contribution in [0.25, 0.3) is 0 Å². The molecule has 3 rings (SSSR count). The van der Waals surface area contributed by atoms with Crippen LogP contribution in [0.1, 0.15) is 49.5 Å². The summed E-state index contributed by atoms with van der Waals surface area (Å²) in [6, 6.07) is 0.783. The van der Waals surface area contributed by atoms with Gasteiger partial charge in [0.25, 0.3) is 0 Å². The van der Waals surface area contributed by atoms with Gasteiger partial charge in [0.15, 0.2) is 0 Å². The van der Waals surface area contributed by atoms with Crippen molar-refractivity contribution in [2.75, 3.05) is 0 Å². The van der Waals surface area contributed by atoms with E-state index >= 15 is 0 Å². The van der Waals surface area contributed by atoms with Gasteiger partial charge < -0.3 is 10.3 Å². The first-order chi connectivity index (χ1) is 6.92. The fraction of sp³-hybridized carbons (Fsp3) is 0.727. The van der Waals surface area contributed by atoms with Crippen molar-refractivity contribution in [1.29, 1.82) is 0 Å². The predicted octanol–water partition coefficient (Wildman–Crippen LogP) is 1.93. The molecule has 0 unspecified atom stereocenters. The number of H-pyrrole nitrogens is 1. The number of imidazole rings is 1. The van der Waals surface area contributed by atoms with Gasteiger partial charge in [0, 0.05) is 30.4 Å². The number of nitrogens with one attached hydrogen (secondary N) is 2. The van der Waals surface area contributed by atoms with Crippen molar-refractivity contribution in [3.63, 3.8) is 0 Å². The molecular formula is C11H17N3. The summed E-state index contributed by atoms with van der Waals surface area (Å²) in [5.41, 5.74) is 1.25. The molecule has 2 N–H and O–H groups in total. The molecule has 14 heavy (non-hydrogen) atoms. The van der Waals surface area contributed by atoms with Gasteiger partial charge in [-0.15, -0.1) is 0 Å². The third kappa shape index (κ3) is 1.69. The van der Waals surface area contributed by atoms with Gasteiger partial charge in [-0.2, -0.15) is 0 Å². The molecule has 1 aromatic rings. The topological polar surface area (TPSA) is 40.7 Å². The maximum atomic E-state index is 4.44. The number of rotatable bonds is 4. The van der Waals surface area contributed by atoms with Gasteiger partial charge in [0.05, 0.1) is 0 Å². The lowest BCUT2D eigenvalue weighted by Crippen LogP contribution is -2.16. The molecule has 2 fully saturated rings. The Balaban J connectivity index is 1.58. The Labute approximate surface area is 84.3 Å². The van der Waals surface area contributed by atoms with E-state index in [2.05, 4.69) is 15.3 Å². The van der Waals surface area contributed by atoms with E-state index in [1.807, 2.05) is 6.20 Å². The summed E-state index contributed by atoms with van der Waals surface area (Å²) in [7, 11) is 0. The minimum absolute atomic E-state index is 0.727. The predicted molar refractivity (Wildman–Crippen MR) is 55.0 cm³/mol. The largest absolute Gasteiger partial charge is 0.345 e. The Morgan fingerprint density at radius 3 is 2.86 bits per heavy atom. The highest BCUT2D eigenvalue weighted by molar-refractivity contribution is 5.08. The number of aromatic nitrogens is 2. The number of nitrogens with zero attached hydrogens (tertiary/aromatic N) is 1. The van der Waals surface area contributed by atoms with Crippen LogP contribution >= 0.6 is 0 Å². The zero-order valence-electron chi connectivity index (χ0n) is 8.42. The van der Waals surface area contributed by atoms with E-state index < -0.39 is 0 Å². The molecule has 1 aromatic heterocycles. The first kappa shape index (κ1) is 8.48. The lowest BCUT2D eigenvalue weighted by Gasteiger charge is -2.22. The molecule has 0 radical (unpaired) electrons. The standard InChI is InChI=1S/C11H17N3/c1-2-8(3-1)11-13-7-10(14-11)6-12-9-4-5-9/h7-9,12H,1-6H2,(H,13,14). The van der Waals surface area contributed by atoms with E-state index in [4.69, 9.17) is 0 Å². The molecule has 0 saturated heterocycles. The van der Waals surface area contributed by atoms with Crippen LogP contribution in [-0.2, 0) is 6.54 Å². The fourth-order valence-corrected chi connectivity index (χ4v) is 1.90. The van der Waals surface area contributed by atoms with Gasteiger partial charge in [0.2, 0.25) is 0 Å². The zero-order valence-corrected chi connectivity index (χ0v) is 8.42. The lowest BCUT2D eigenvalue weighted by atomic mass is 9.85. The van der Waals surface area contributed by atoms with Gasteiger partial charge in [0.1, 0.15) is 5.82 Å². The maximum absolute atomic E-state index is 4.44. The normalized spacial score (nSPS) is 22.3. The number of aromatic amines is 1. The molecule has 1 heterocycles. The van der Waals surface area contributed by atoms with Crippen molar-refractivity contribution < 1.29 is 0 Å². The highest BCUT2D eigenvalue weighted by Crippen LogP contribution is 2.34. The van der Waals surface area contributed by atoms with Crippen LogP contribution in [0.15, 0.2) is 6.20 Å². The van der Waals surface area contributed by atoms with Crippen LogP contribution in [0.4, 0.5) is 0 Å². The number of hydrogen-bond donors (Lipinski definition) is 2. The van der Waals surface area contributed by atoms with E-state index in [1.165, 1.54) is 43.6 Å². The van der Waals surface area contributed by atoms with Gasteiger partial charge >= 0.3 is 0 Å². The third-order valence-corrected chi connectivity index (χ3v) is 3.30. The Morgan fingerprint density at radius 1 is 1.36 bits per heavy atom. The molecule has 2 aliphatic rings. The van der Waals surface area contributed by atoms with Crippen molar-refractivity contribution in [2.24, 2.45) is 0 Å². The molecule has 0 aromatic carbocycles. The fourth-order valence-electron chi connectivity index (χ4n) is 1.90. The smallest absolute Gasteiger partial charge is 0.109 e. The zero-order chi connectivity index (χ0) is 9.38. The second-order valence-electron chi connectivity index (χ2n) is 4.58. The number of hydrogen-bond acceptors (Lipinski definition) is 2. The SMILES string of the molecule is c1nc(C2CCC2)[nH]c1CNC1CC1. The molecule has 3 nitrogen and oxygen atoms in total. The maximum Gasteiger partial charge on any atom is 0.109 e. The van der Waals surface area contributed by atoms with Crippen molar-refractivity contribution >= 4 is 0 Å². The van der Waals surface area contributed by atoms with Gasteiger partial charge in [-0.05, 0) is 25.7 Å². The van der Waals surface area contributed by atoms with Crippen LogP contribution in [-0.4, -0.2) is 16.0 Å². The van der Waals surface area contributed by atoms with Crippen molar-refractivity contribution in [3.8, 4) is 0 Å². The average molecular weight is 191 g/mol. The first-order valence-electron chi connectivity index (χ1n) is 5.69. The molecule has 0 atom stereocenters. The van der Waals surface area contributed by atoms with E-state index in [1.54, 1.807) is 0 Å². The quantitative estimate of drug-likeness (QED) is 0.763. The summed E-state index contributed by atoms with van der Waals surface area (Å²) in [6.07, 6.45) is 8.71. The second-order valence-corrected chi connectivity index (χ2v) is 4.58. The van der Waals surface area contributed by atoms with Gasteiger partial charge in [-0.3, -0.25) is 0 Å². The van der Waals surface area contributed by atoms with Gasteiger partial charge in [-0.25, -0.2) is 4.98 Å². The molecule has 76 valence electrons. The molecule has 0 spiro atoms. The van der Waals surface area contributed by atoms with Gasteiger partial charge in [-0.1, -0.05) is 6.42 Å². The van der Waals surface area contributed by atoms with Crippen molar-refractivity contribution in [2.45, 2.75) is 50.6 Å². The summed E-state index contributed by atoms with van der Waals surface area (Å²) in [4.78, 5) is 7.87. The van der Waals surface area contributed by atoms with Crippen molar-refractivity contribution in [1.82, 2.24) is 15.3 Å². The van der Waals surface area contributed by atoms with Crippen LogP contribution < -0.4 is 5.32 Å². The first-order valence-corrected chi connectivity index (χ1v) is 5.69. The van der Waals surface area contributed by atoms with Crippen LogP contribution in [0.5, 0.6) is 0 Å². The third-order valence-electron chi connectivity index (χ3n) is 3.30. The van der Waals surface area contributed by atoms with Crippen LogP contribution in [0.3, 0.4) is 0 Å². The summed E-state index contributed by atoms with van der Waals surface area (Å²) in [5.74, 6) is 1.94. The lowest BCUT2D eigenvalue weighted by molar-refractivity contribution is 0.403. The monoisotopic (exact) mass is 191 g/mol. The Hall–Kier alpha value is -0.830. The highest BCUT2D eigenvalue weighted by Gasteiger charge is 2.23. The van der Waals surface area contributed by atoms with E-state index in [9.17, 15) is 0 Å². The summed E-state index contributed by atoms with van der Waals surface area (Å²) >= 11 is 0. The summed E-state index contributed by atoms with van der Waals surface area (Å²) in [5, 5.41) is 3.49. The van der Waals surface area contributed by atoms with Crippen molar-refractivity contribution in [3.05, 3.63) is 17.7 Å². The Morgan fingerprint density at radius 2 is 2.21 bits per heavy atom. The van der Waals surface area contributed by atoms with E-state index in [0.717, 1.165) is 18.5 Å². The molecule has 0 bridgehead atoms. The molecular weight excluding hydrogens is 174 g/mol. The molecule has 2 saturated carbocycles. The van der Waals surface area contributed by atoms with Crippen LogP contribution in [0, 0.1) is 0 Å².